The van der Waals surface area contributed by atoms with Crippen LogP contribution in [0.5, 0.6) is 0 Å². The first-order valence-electron chi connectivity index (χ1n) is 4.74. The lowest BCUT2D eigenvalue weighted by molar-refractivity contribution is -0.144. The maximum absolute atomic E-state index is 11.4. The molecule has 1 aliphatic heterocycles. The van der Waals surface area contributed by atoms with E-state index in [0.29, 0.717) is 0 Å². The van der Waals surface area contributed by atoms with Gasteiger partial charge in [-0.3, -0.25) is 9.59 Å². The maximum Gasteiger partial charge on any atom is 0.315 e. The van der Waals surface area contributed by atoms with Crippen LogP contribution >= 0.6 is 0 Å². The summed E-state index contributed by atoms with van der Waals surface area (Å²) in [5.74, 6) is -2.12. The van der Waals surface area contributed by atoms with Crippen molar-refractivity contribution in [2.24, 2.45) is 5.92 Å². The number of para-hydroxylation sites is 1. The van der Waals surface area contributed by atoms with Gasteiger partial charge < -0.3 is 10.0 Å². The van der Waals surface area contributed by atoms with Crippen LogP contribution in [0, 0.1) is 5.92 Å². The molecule has 1 saturated heterocycles. The molecule has 0 saturated carbocycles. The number of carboxylic acids is 1. The molecule has 0 spiro atoms. The zero-order chi connectivity index (χ0) is 10.8. The Hall–Kier alpha value is -1.84. The van der Waals surface area contributed by atoms with Gasteiger partial charge in [0.25, 0.3) is 0 Å². The highest BCUT2D eigenvalue weighted by molar-refractivity contribution is 6.03. The van der Waals surface area contributed by atoms with E-state index in [-0.39, 0.29) is 18.9 Å². The zero-order valence-electron chi connectivity index (χ0n) is 8.09. The second-order valence-corrected chi connectivity index (χ2v) is 3.57. The molecule has 1 heterocycles. The van der Waals surface area contributed by atoms with Gasteiger partial charge in [-0.05, 0) is 12.1 Å². The molecule has 4 heteroatoms. The fraction of sp³-hybridized carbons (Fsp3) is 0.273. The Bertz CT molecular complexity index is 388. The fourth-order valence-electron chi connectivity index (χ4n) is 1.74. The molecule has 0 radical (unpaired) electrons. The van der Waals surface area contributed by atoms with Crippen molar-refractivity contribution in [1.29, 1.82) is 0 Å². The van der Waals surface area contributed by atoms with Crippen LogP contribution in [0.3, 0.4) is 0 Å². The van der Waals surface area contributed by atoms with E-state index in [0.717, 1.165) is 5.69 Å². The van der Waals surface area contributed by atoms with Crippen molar-refractivity contribution in [2.75, 3.05) is 18.0 Å². The van der Waals surface area contributed by atoms with E-state index < -0.39 is 11.9 Å². The molecule has 2 rings (SSSR count). The molecule has 4 nitrogen and oxygen atoms in total. The summed E-state index contributed by atoms with van der Waals surface area (Å²) in [6.45, 7) is 0.471. The van der Waals surface area contributed by atoms with Crippen molar-refractivity contribution >= 4 is 17.4 Å². The predicted octanol–water partition coefficient (Wildman–Crippen LogP) is 0.777. The molecular weight excluding hydrogens is 194 g/mol. The van der Waals surface area contributed by atoms with E-state index >= 15 is 0 Å². The molecule has 15 heavy (non-hydrogen) atoms. The first-order chi connectivity index (χ1) is 7.18. The Balaban J connectivity index is 2.16. The molecule has 1 unspecified atom stereocenters. The van der Waals surface area contributed by atoms with Crippen LogP contribution in [0.4, 0.5) is 5.69 Å². The standard InChI is InChI=1S/C11H11NO3/c13-10-7-12(6-9(10)11(14)15)8-4-2-1-3-5-8/h1-5,9H,6-7H2,(H,14,15). The van der Waals surface area contributed by atoms with E-state index in [1.165, 1.54) is 0 Å². The van der Waals surface area contributed by atoms with E-state index in [2.05, 4.69) is 0 Å². The van der Waals surface area contributed by atoms with Crippen molar-refractivity contribution in [3.63, 3.8) is 0 Å². The highest BCUT2D eigenvalue weighted by Gasteiger charge is 2.35. The third-order valence-electron chi connectivity index (χ3n) is 2.56. The van der Waals surface area contributed by atoms with Gasteiger partial charge in [0.1, 0.15) is 5.92 Å². The summed E-state index contributed by atoms with van der Waals surface area (Å²) in [5.41, 5.74) is 0.898. The average molecular weight is 205 g/mol. The number of aliphatic carboxylic acids is 1. The van der Waals surface area contributed by atoms with E-state index in [9.17, 15) is 9.59 Å². The van der Waals surface area contributed by atoms with Gasteiger partial charge in [0, 0.05) is 12.2 Å². The summed E-state index contributed by atoms with van der Waals surface area (Å²) >= 11 is 0. The Morgan fingerprint density at radius 2 is 2.00 bits per heavy atom. The minimum atomic E-state index is -1.03. The summed E-state index contributed by atoms with van der Waals surface area (Å²) in [5, 5.41) is 8.80. The molecule has 1 aromatic rings. The van der Waals surface area contributed by atoms with Gasteiger partial charge in [-0.25, -0.2) is 0 Å². The fourth-order valence-corrected chi connectivity index (χ4v) is 1.74. The Morgan fingerprint density at radius 3 is 2.53 bits per heavy atom. The van der Waals surface area contributed by atoms with Crippen molar-refractivity contribution < 1.29 is 14.7 Å². The van der Waals surface area contributed by atoms with Crippen LogP contribution in [-0.2, 0) is 9.59 Å². The van der Waals surface area contributed by atoms with Gasteiger partial charge in [-0.1, -0.05) is 18.2 Å². The first kappa shape index (κ1) is 9.71. The summed E-state index contributed by atoms with van der Waals surface area (Å²) in [7, 11) is 0. The number of carboxylic acid groups (broad SMARTS) is 1. The molecule has 1 aliphatic rings. The van der Waals surface area contributed by atoms with Crippen LogP contribution in [0.15, 0.2) is 30.3 Å². The lowest BCUT2D eigenvalue weighted by Gasteiger charge is -2.16. The SMILES string of the molecule is O=C(O)C1CN(c2ccccc2)CC1=O. The van der Waals surface area contributed by atoms with Crippen LogP contribution < -0.4 is 4.90 Å². The highest BCUT2D eigenvalue weighted by Crippen LogP contribution is 2.21. The lowest BCUT2D eigenvalue weighted by Crippen LogP contribution is -2.23. The molecule has 0 aliphatic carbocycles. The molecule has 1 fully saturated rings. The summed E-state index contributed by atoms with van der Waals surface area (Å²) in [6.07, 6.45) is 0. The van der Waals surface area contributed by atoms with Crippen LogP contribution in [0.2, 0.25) is 0 Å². The van der Waals surface area contributed by atoms with Crippen molar-refractivity contribution in [2.45, 2.75) is 0 Å². The Morgan fingerprint density at radius 1 is 1.33 bits per heavy atom. The Labute approximate surface area is 87.1 Å². The molecule has 0 bridgehead atoms. The van der Waals surface area contributed by atoms with E-state index in [4.69, 9.17) is 5.11 Å². The van der Waals surface area contributed by atoms with Gasteiger partial charge >= 0.3 is 5.97 Å². The molecule has 0 aromatic heterocycles. The van der Waals surface area contributed by atoms with Crippen molar-refractivity contribution in [3.05, 3.63) is 30.3 Å². The third-order valence-corrected chi connectivity index (χ3v) is 2.56. The second kappa shape index (κ2) is 3.73. The maximum atomic E-state index is 11.4. The van der Waals surface area contributed by atoms with Gasteiger partial charge in [-0.2, -0.15) is 0 Å². The lowest BCUT2D eigenvalue weighted by atomic mass is 10.1. The molecular formula is C11H11NO3. The summed E-state index contributed by atoms with van der Waals surface area (Å²) < 4.78 is 0. The number of carbonyl (C=O) groups excluding carboxylic acids is 1. The quantitative estimate of drug-likeness (QED) is 0.725. The van der Waals surface area contributed by atoms with Gasteiger partial charge in [-0.15, -0.1) is 0 Å². The molecule has 78 valence electrons. The summed E-state index contributed by atoms with van der Waals surface area (Å²) in [4.78, 5) is 23.9. The number of ketones is 1. The number of nitrogens with zero attached hydrogens (tertiary/aromatic N) is 1. The van der Waals surface area contributed by atoms with Crippen molar-refractivity contribution in [3.8, 4) is 0 Å². The van der Waals surface area contributed by atoms with Crippen molar-refractivity contribution in [1.82, 2.24) is 0 Å². The number of hydrogen-bond donors (Lipinski definition) is 1. The van der Waals surface area contributed by atoms with E-state index in [1.54, 1.807) is 4.90 Å². The van der Waals surface area contributed by atoms with Gasteiger partial charge in [0.15, 0.2) is 5.78 Å². The molecule has 0 amide bonds. The third kappa shape index (κ3) is 1.83. The smallest absolute Gasteiger partial charge is 0.315 e. The predicted molar refractivity (Wildman–Crippen MR) is 54.8 cm³/mol. The average Bonchev–Trinajstić information content (AvgIpc) is 2.62. The van der Waals surface area contributed by atoms with Crippen LogP contribution in [-0.4, -0.2) is 29.9 Å². The minimum Gasteiger partial charge on any atom is -0.481 e. The number of carbonyl (C=O) groups is 2. The zero-order valence-corrected chi connectivity index (χ0v) is 8.09. The number of benzene rings is 1. The minimum absolute atomic E-state index is 0.195. The van der Waals surface area contributed by atoms with Gasteiger partial charge in [0.05, 0.1) is 6.54 Å². The molecule has 1 aromatic carbocycles. The number of Topliss-reactive ketones (excluding diaryl/α,β-unsaturated/α-hetero) is 1. The summed E-state index contributed by atoms with van der Waals surface area (Å²) in [6, 6.07) is 9.37. The largest absolute Gasteiger partial charge is 0.481 e. The topological polar surface area (TPSA) is 57.6 Å². The van der Waals surface area contributed by atoms with Crippen LogP contribution in [0.25, 0.3) is 0 Å². The first-order valence-corrected chi connectivity index (χ1v) is 4.74. The van der Waals surface area contributed by atoms with Gasteiger partial charge in [0.2, 0.25) is 0 Å². The highest BCUT2D eigenvalue weighted by atomic mass is 16.4. The number of hydrogen-bond acceptors (Lipinski definition) is 3. The number of anilines is 1. The van der Waals surface area contributed by atoms with E-state index in [1.807, 2.05) is 30.3 Å². The number of rotatable bonds is 2. The monoisotopic (exact) mass is 205 g/mol. The molecule has 1 N–H and O–H groups in total. The second-order valence-electron chi connectivity index (χ2n) is 3.57. The Kier molecular flexibility index (Phi) is 2.41. The molecule has 1 atom stereocenters. The normalized spacial score (nSPS) is 20.7. The van der Waals surface area contributed by atoms with Crippen LogP contribution in [0.1, 0.15) is 0 Å².